The molecule has 0 heterocycles. The van der Waals surface area contributed by atoms with E-state index >= 15 is 0 Å². The molecule has 1 N–H and O–H groups in total. The van der Waals surface area contributed by atoms with Crippen LogP contribution in [-0.2, 0) is 11.3 Å². The van der Waals surface area contributed by atoms with E-state index in [9.17, 15) is 4.39 Å². The molecule has 0 radical (unpaired) electrons. The molecule has 0 aliphatic carbocycles. The molecule has 0 amide bonds. The predicted octanol–water partition coefficient (Wildman–Crippen LogP) is 1.43. The maximum Gasteiger partial charge on any atom is 0.145 e. The Morgan fingerprint density at radius 1 is 1.53 bits per heavy atom. The van der Waals surface area contributed by atoms with Gasteiger partial charge >= 0.3 is 0 Å². The van der Waals surface area contributed by atoms with Gasteiger partial charge in [0, 0.05) is 25.8 Å². The van der Waals surface area contributed by atoms with Crippen molar-refractivity contribution in [2.75, 3.05) is 20.3 Å². The van der Waals surface area contributed by atoms with Gasteiger partial charge in [-0.25, -0.2) is 4.39 Å². The number of nitrogens with zero attached hydrogens (tertiary/aromatic N) is 1. The van der Waals surface area contributed by atoms with Crippen molar-refractivity contribution >= 4 is 0 Å². The Kier molecular flexibility index (Phi) is 4.75. The lowest BCUT2D eigenvalue weighted by Crippen LogP contribution is -2.19. The van der Waals surface area contributed by atoms with Gasteiger partial charge in [0.25, 0.3) is 0 Å². The van der Waals surface area contributed by atoms with Crippen LogP contribution in [0.1, 0.15) is 11.1 Å². The molecule has 0 saturated carbocycles. The van der Waals surface area contributed by atoms with E-state index in [1.165, 1.54) is 6.07 Å². The summed E-state index contributed by atoms with van der Waals surface area (Å²) in [6, 6.07) is 6.61. The molecule has 0 bridgehead atoms. The van der Waals surface area contributed by atoms with Crippen LogP contribution in [0.15, 0.2) is 18.2 Å². The largest absolute Gasteiger partial charge is 0.383 e. The molecule has 0 spiro atoms. The van der Waals surface area contributed by atoms with Crippen molar-refractivity contribution in [3.05, 3.63) is 35.1 Å². The van der Waals surface area contributed by atoms with E-state index in [2.05, 4.69) is 5.32 Å². The number of benzene rings is 1. The molecule has 15 heavy (non-hydrogen) atoms. The highest BCUT2D eigenvalue weighted by Crippen LogP contribution is 2.11. The smallest absolute Gasteiger partial charge is 0.145 e. The van der Waals surface area contributed by atoms with Crippen molar-refractivity contribution in [2.24, 2.45) is 0 Å². The first kappa shape index (κ1) is 11.6. The summed E-state index contributed by atoms with van der Waals surface area (Å²) in [6.45, 7) is 1.65. The van der Waals surface area contributed by atoms with Crippen LogP contribution in [0.2, 0.25) is 0 Å². The van der Waals surface area contributed by atoms with Crippen molar-refractivity contribution in [1.29, 1.82) is 5.26 Å². The molecule has 1 aromatic rings. The minimum Gasteiger partial charge on any atom is -0.383 e. The van der Waals surface area contributed by atoms with Crippen LogP contribution in [0.3, 0.4) is 0 Å². The van der Waals surface area contributed by atoms with Gasteiger partial charge in [0.2, 0.25) is 0 Å². The zero-order chi connectivity index (χ0) is 11.1. The highest BCUT2D eigenvalue weighted by Gasteiger charge is 2.06. The van der Waals surface area contributed by atoms with E-state index in [0.29, 0.717) is 25.3 Å². The minimum absolute atomic E-state index is 0.0843. The molecule has 1 rings (SSSR count). The molecule has 1 aromatic carbocycles. The summed E-state index contributed by atoms with van der Waals surface area (Å²) in [5.41, 5.74) is 0.589. The first-order chi connectivity index (χ1) is 7.29. The number of rotatable bonds is 5. The van der Waals surface area contributed by atoms with Gasteiger partial charge in [0.05, 0.1) is 12.2 Å². The number of methoxy groups -OCH3 is 1. The van der Waals surface area contributed by atoms with Gasteiger partial charge in [-0.15, -0.1) is 0 Å². The van der Waals surface area contributed by atoms with Crippen molar-refractivity contribution in [2.45, 2.75) is 6.54 Å². The van der Waals surface area contributed by atoms with Gasteiger partial charge in [0.1, 0.15) is 11.9 Å². The molecule has 0 atom stereocenters. The Hall–Kier alpha value is -1.44. The van der Waals surface area contributed by atoms with Gasteiger partial charge in [-0.1, -0.05) is 12.1 Å². The van der Waals surface area contributed by atoms with Crippen LogP contribution in [0, 0.1) is 17.1 Å². The zero-order valence-corrected chi connectivity index (χ0v) is 8.59. The molecular weight excluding hydrogens is 195 g/mol. The van der Waals surface area contributed by atoms with Crippen LogP contribution in [0.4, 0.5) is 4.39 Å². The number of halogens is 1. The summed E-state index contributed by atoms with van der Waals surface area (Å²) in [5, 5.41) is 11.6. The summed E-state index contributed by atoms with van der Waals surface area (Å²) >= 11 is 0. The zero-order valence-electron chi connectivity index (χ0n) is 8.59. The van der Waals surface area contributed by atoms with Crippen molar-refractivity contribution in [3.63, 3.8) is 0 Å². The predicted molar refractivity (Wildman–Crippen MR) is 54.7 cm³/mol. The Bertz CT molecular complexity index is 360. The molecule has 0 fully saturated rings. The lowest BCUT2D eigenvalue weighted by molar-refractivity contribution is 0.199. The second kappa shape index (κ2) is 6.12. The number of ether oxygens (including phenoxy) is 1. The monoisotopic (exact) mass is 208 g/mol. The second-order valence-corrected chi connectivity index (χ2v) is 3.06. The Balaban J connectivity index is 2.58. The highest BCUT2D eigenvalue weighted by molar-refractivity contribution is 5.34. The van der Waals surface area contributed by atoms with Crippen molar-refractivity contribution < 1.29 is 9.13 Å². The fraction of sp³-hybridized carbons (Fsp3) is 0.364. The van der Waals surface area contributed by atoms with Gasteiger partial charge in [-0.3, -0.25) is 0 Å². The van der Waals surface area contributed by atoms with Gasteiger partial charge in [0.15, 0.2) is 0 Å². The van der Waals surface area contributed by atoms with Gasteiger partial charge in [-0.05, 0) is 6.07 Å². The van der Waals surface area contributed by atoms with E-state index in [4.69, 9.17) is 10.00 Å². The second-order valence-electron chi connectivity index (χ2n) is 3.06. The molecule has 3 nitrogen and oxygen atoms in total. The summed E-state index contributed by atoms with van der Waals surface area (Å²) < 4.78 is 18.3. The maximum atomic E-state index is 13.5. The van der Waals surface area contributed by atoms with Crippen molar-refractivity contribution in [3.8, 4) is 6.07 Å². The highest BCUT2D eigenvalue weighted by atomic mass is 19.1. The summed E-state index contributed by atoms with van der Waals surface area (Å²) in [5.74, 6) is -0.440. The van der Waals surface area contributed by atoms with E-state index in [1.807, 2.05) is 6.07 Å². The third-order valence-corrected chi connectivity index (χ3v) is 2.00. The van der Waals surface area contributed by atoms with E-state index in [-0.39, 0.29) is 5.56 Å². The fourth-order valence-electron chi connectivity index (χ4n) is 1.20. The molecule has 0 aromatic heterocycles. The lowest BCUT2D eigenvalue weighted by Gasteiger charge is -2.05. The summed E-state index contributed by atoms with van der Waals surface area (Å²) in [4.78, 5) is 0. The summed E-state index contributed by atoms with van der Waals surface area (Å²) in [7, 11) is 1.61. The molecular formula is C11H13FN2O. The fourth-order valence-corrected chi connectivity index (χ4v) is 1.20. The minimum atomic E-state index is -0.440. The number of hydrogen-bond acceptors (Lipinski definition) is 3. The molecule has 4 heteroatoms. The van der Waals surface area contributed by atoms with Crippen LogP contribution in [0.5, 0.6) is 0 Å². The quantitative estimate of drug-likeness (QED) is 0.744. The van der Waals surface area contributed by atoms with Crippen LogP contribution in [-0.4, -0.2) is 20.3 Å². The van der Waals surface area contributed by atoms with Gasteiger partial charge in [-0.2, -0.15) is 5.26 Å². The number of nitriles is 1. The van der Waals surface area contributed by atoms with E-state index < -0.39 is 5.82 Å². The van der Waals surface area contributed by atoms with Crippen LogP contribution < -0.4 is 5.32 Å². The average molecular weight is 208 g/mol. The Morgan fingerprint density at radius 3 is 3.00 bits per heavy atom. The molecule has 0 saturated heterocycles. The average Bonchev–Trinajstić information content (AvgIpc) is 2.26. The van der Waals surface area contributed by atoms with E-state index in [1.54, 1.807) is 19.2 Å². The number of nitrogens with one attached hydrogen (secondary N) is 1. The maximum absolute atomic E-state index is 13.5. The first-order valence-electron chi connectivity index (χ1n) is 4.66. The Labute approximate surface area is 88.5 Å². The molecule has 0 aliphatic heterocycles. The summed E-state index contributed by atoms with van der Waals surface area (Å²) in [6.07, 6.45) is 0. The number of hydrogen-bond donors (Lipinski definition) is 1. The van der Waals surface area contributed by atoms with Gasteiger partial charge < -0.3 is 10.1 Å². The molecule has 80 valence electrons. The normalized spacial score (nSPS) is 9.93. The van der Waals surface area contributed by atoms with Crippen LogP contribution >= 0.6 is 0 Å². The van der Waals surface area contributed by atoms with Crippen molar-refractivity contribution in [1.82, 2.24) is 5.32 Å². The molecule has 0 unspecified atom stereocenters. The first-order valence-corrected chi connectivity index (χ1v) is 4.66. The van der Waals surface area contributed by atoms with Crippen LogP contribution in [0.25, 0.3) is 0 Å². The standard InChI is InChI=1S/C11H13FN2O/c1-15-6-5-14-8-10-4-2-3-9(7-13)11(10)12/h2-4,14H,5-6,8H2,1H3. The Morgan fingerprint density at radius 2 is 2.33 bits per heavy atom. The third kappa shape index (κ3) is 3.31. The molecule has 0 aliphatic rings. The SMILES string of the molecule is COCCNCc1cccc(C#N)c1F. The topological polar surface area (TPSA) is 45.0 Å². The lowest BCUT2D eigenvalue weighted by atomic mass is 10.1. The van der Waals surface area contributed by atoms with E-state index in [0.717, 1.165) is 0 Å². The third-order valence-electron chi connectivity index (χ3n) is 2.00.